The lowest BCUT2D eigenvalue weighted by Crippen LogP contribution is -2.50. The molecule has 7 N–H and O–H groups in total. The first-order chi connectivity index (χ1) is 22.2. The molecular formula is C31H51N5O10. The van der Waals surface area contributed by atoms with Crippen molar-refractivity contribution in [3.8, 4) is 24.7 Å². The van der Waals surface area contributed by atoms with Gasteiger partial charge >= 0.3 is 0 Å². The normalized spacial score (nSPS) is 10.8. The van der Waals surface area contributed by atoms with E-state index in [0.717, 1.165) is 0 Å². The summed E-state index contributed by atoms with van der Waals surface area (Å²) >= 11 is 0. The van der Waals surface area contributed by atoms with Gasteiger partial charge in [0.05, 0.1) is 46.2 Å². The Morgan fingerprint density at radius 1 is 0.609 bits per heavy atom. The summed E-state index contributed by atoms with van der Waals surface area (Å²) in [4.78, 5) is 61.9. The topological polar surface area (TPSA) is 217 Å². The molecule has 0 unspecified atom stereocenters. The summed E-state index contributed by atoms with van der Waals surface area (Å²) in [5, 5.41) is 20.1. The Morgan fingerprint density at radius 2 is 1.04 bits per heavy atom. The molecule has 15 nitrogen and oxygen atoms in total. The average molecular weight is 654 g/mol. The van der Waals surface area contributed by atoms with Crippen molar-refractivity contribution in [2.24, 2.45) is 5.73 Å². The van der Waals surface area contributed by atoms with Crippen LogP contribution in [0.25, 0.3) is 0 Å². The second kappa shape index (κ2) is 28.7. The molecule has 0 rings (SSSR count). The first-order valence-corrected chi connectivity index (χ1v) is 15.4. The molecule has 0 aromatic rings. The summed E-state index contributed by atoms with van der Waals surface area (Å²) in [7, 11) is 0. The third kappa shape index (κ3) is 25.6. The van der Waals surface area contributed by atoms with Gasteiger partial charge < -0.3 is 51.1 Å². The van der Waals surface area contributed by atoms with E-state index >= 15 is 0 Å². The van der Waals surface area contributed by atoms with Crippen LogP contribution in [0, 0.1) is 24.7 Å². The molecule has 0 spiro atoms. The maximum Gasteiger partial charge on any atom is 0.220 e. The monoisotopic (exact) mass is 653 g/mol. The highest BCUT2D eigenvalue weighted by Gasteiger charge is 2.33. The van der Waals surface area contributed by atoms with E-state index in [0.29, 0.717) is 26.4 Å². The third-order valence-corrected chi connectivity index (χ3v) is 6.41. The molecule has 0 saturated carbocycles. The van der Waals surface area contributed by atoms with E-state index in [-0.39, 0.29) is 128 Å². The standard InChI is InChI=1S/C31H51N5O10/c1-3-18-43-22-24-45-20-15-34-28(40)9-12-31(11-8-27(39)33-14-17-37,36-30(42)7-5-6-26(32)38)13-10-29(41)35-16-21-46-25-23-44-19-4-2/h1-2,37H,5-25H2,(H2,32,38)(H,33,39)(H,34,40)(H,35,41)(H,36,42). The maximum atomic E-state index is 12.9. The molecule has 0 aromatic carbocycles. The smallest absolute Gasteiger partial charge is 0.220 e. The number of rotatable bonds is 30. The Labute approximate surface area is 271 Å². The predicted octanol–water partition coefficient (Wildman–Crippen LogP) is -1.49. The summed E-state index contributed by atoms with van der Waals surface area (Å²) in [5.41, 5.74) is 4.09. The van der Waals surface area contributed by atoms with E-state index in [9.17, 15) is 24.0 Å². The van der Waals surface area contributed by atoms with Gasteiger partial charge in [-0.1, -0.05) is 11.8 Å². The van der Waals surface area contributed by atoms with Crippen molar-refractivity contribution in [1.82, 2.24) is 21.3 Å². The lowest BCUT2D eigenvalue weighted by atomic mass is 9.83. The van der Waals surface area contributed by atoms with E-state index in [1.807, 2.05) is 0 Å². The van der Waals surface area contributed by atoms with Gasteiger partial charge in [0.25, 0.3) is 0 Å². The van der Waals surface area contributed by atoms with Crippen LogP contribution < -0.4 is 27.0 Å². The van der Waals surface area contributed by atoms with E-state index in [1.54, 1.807) is 0 Å². The van der Waals surface area contributed by atoms with Crippen molar-refractivity contribution in [3.05, 3.63) is 0 Å². The first kappa shape index (κ1) is 42.3. The van der Waals surface area contributed by atoms with Crippen molar-refractivity contribution in [2.45, 2.75) is 63.3 Å². The molecule has 0 fully saturated rings. The highest BCUT2D eigenvalue weighted by Crippen LogP contribution is 2.26. The van der Waals surface area contributed by atoms with Gasteiger partial charge in [0, 0.05) is 57.3 Å². The van der Waals surface area contributed by atoms with Crippen LogP contribution in [0.1, 0.15) is 57.8 Å². The largest absolute Gasteiger partial charge is 0.395 e. The molecule has 0 aliphatic rings. The number of aliphatic hydroxyl groups excluding tert-OH is 1. The molecule has 0 aromatic heterocycles. The Hall–Kier alpha value is -3.73. The maximum absolute atomic E-state index is 12.9. The zero-order valence-corrected chi connectivity index (χ0v) is 26.7. The second-order valence-corrected chi connectivity index (χ2v) is 10.2. The molecule has 0 atom stereocenters. The Bertz CT molecular complexity index is 934. The van der Waals surface area contributed by atoms with Crippen LogP contribution in [-0.4, -0.2) is 119 Å². The van der Waals surface area contributed by atoms with E-state index in [2.05, 4.69) is 33.1 Å². The minimum absolute atomic E-state index is 0.00934. The number of hydrogen-bond donors (Lipinski definition) is 6. The van der Waals surface area contributed by atoms with Crippen LogP contribution in [0.4, 0.5) is 0 Å². The number of terminal acetylenes is 2. The van der Waals surface area contributed by atoms with Crippen LogP contribution in [0.15, 0.2) is 0 Å². The van der Waals surface area contributed by atoms with Gasteiger partial charge in [-0.2, -0.15) is 0 Å². The summed E-state index contributed by atoms with van der Waals surface area (Å²) in [6, 6.07) is 0. The Balaban J connectivity index is 5.33. The van der Waals surface area contributed by atoms with E-state index < -0.39 is 17.4 Å². The molecule has 46 heavy (non-hydrogen) atoms. The predicted molar refractivity (Wildman–Crippen MR) is 169 cm³/mol. The summed E-state index contributed by atoms with van der Waals surface area (Å²) < 4.78 is 21.0. The minimum Gasteiger partial charge on any atom is -0.395 e. The number of carbonyl (C=O) groups excluding carboxylic acids is 5. The number of hydrogen-bond acceptors (Lipinski definition) is 10. The molecule has 0 bridgehead atoms. The van der Waals surface area contributed by atoms with Crippen molar-refractivity contribution < 1.29 is 48.0 Å². The molecule has 0 heterocycles. The number of primary amides is 1. The number of aliphatic hydroxyl groups is 1. The lowest BCUT2D eigenvalue weighted by Gasteiger charge is -2.35. The van der Waals surface area contributed by atoms with Gasteiger partial charge in [0.2, 0.25) is 29.5 Å². The van der Waals surface area contributed by atoms with Crippen LogP contribution in [0.2, 0.25) is 0 Å². The Kier molecular flexibility index (Phi) is 26.4. The van der Waals surface area contributed by atoms with Crippen molar-refractivity contribution in [3.63, 3.8) is 0 Å². The highest BCUT2D eigenvalue weighted by molar-refractivity contribution is 5.80. The minimum atomic E-state index is -1.11. The van der Waals surface area contributed by atoms with Crippen LogP contribution in [0.3, 0.4) is 0 Å². The van der Waals surface area contributed by atoms with Gasteiger partial charge in [-0.25, -0.2) is 0 Å². The van der Waals surface area contributed by atoms with Gasteiger partial charge in [-0.05, 0) is 25.7 Å². The fourth-order valence-electron chi connectivity index (χ4n) is 4.09. The molecule has 0 aliphatic heterocycles. The van der Waals surface area contributed by atoms with E-state index in [4.69, 9.17) is 42.6 Å². The van der Waals surface area contributed by atoms with Gasteiger partial charge in [-0.15, -0.1) is 12.8 Å². The van der Waals surface area contributed by atoms with Crippen LogP contribution in [-0.2, 0) is 42.9 Å². The van der Waals surface area contributed by atoms with E-state index in [1.165, 1.54) is 0 Å². The molecule has 0 aliphatic carbocycles. The zero-order chi connectivity index (χ0) is 34.3. The fraction of sp³-hybridized carbons (Fsp3) is 0.710. The van der Waals surface area contributed by atoms with Crippen LogP contribution in [0.5, 0.6) is 0 Å². The number of nitrogens with two attached hydrogens (primary N) is 1. The summed E-state index contributed by atoms with van der Waals surface area (Å²) in [5.74, 6) is 2.78. The lowest BCUT2D eigenvalue weighted by molar-refractivity contribution is -0.127. The molecule has 260 valence electrons. The molecular weight excluding hydrogens is 602 g/mol. The quantitative estimate of drug-likeness (QED) is 0.0390. The SMILES string of the molecule is C#CCOCCOCCNC(=O)CCC(CCC(=O)NCCO)(CCC(=O)NCCOCCOCC#C)NC(=O)CCCC(N)=O. The number of nitrogens with one attached hydrogen (secondary N) is 4. The second-order valence-electron chi connectivity index (χ2n) is 10.2. The highest BCUT2D eigenvalue weighted by atomic mass is 16.5. The number of amides is 5. The van der Waals surface area contributed by atoms with Gasteiger partial charge in [0.1, 0.15) is 13.2 Å². The molecule has 0 saturated heterocycles. The first-order valence-electron chi connectivity index (χ1n) is 15.4. The summed E-state index contributed by atoms with van der Waals surface area (Å²) in [6.07, 6.45) is 10.8. The third-order valence-electron chi connectivity index (χ3n) is 6.41. The van der Waals surface area contributed by atoms with Gasteiger partial charge in [0.15, 0.2) is 0 Å². The number of carbonyl (C=O) groups is 5. The van der Waals surface area contributed by atoms with Crippen LogP contribution >= 0.6 is 0 Å². The summed E-state index contributed by atoms with van der Waals surface area (Å²) in [6.45, 7) is 2.46. The zero-order valence-electron chi connectivity index (χ0n) is 26.7. The fourth-order valence-corrected chi connectivity index (χ4v) is 4.09. The van der Waals surface area contributed by atoms with Gasteiger partial charge in [-0.3, -0.25) is 24.0 Å². The average Bonchev–Trinajstić information content (AvgIpc) is 3.03. The molecule has 5 amide bonds. The molecule has 0 radical (unpaired) electrons. The van der Waals surface area contributed by atoms with Crippen molar-refractivity contribution in [1.29, 1.82) is 0 Å². The Morgan fingerprint density at radius 3 is 1.46 bits per heavy atom. The molecule has 15 heteroatoms. The van der Waals surface area contributed by atoms with Crippen molar-refractivity contribution >= 4 is 29.5 Å². The van der Waals surface area contributed by atoms with Crippen molar-refractivity contribution in [2.75, 3.05) is 79.1 Å². The number of ether oxygens (including phenoxy) is 4.